The molecule has 3 N–H and O–H groups in total. The second-order valence-corrected chi connectivity index (χ2v) is 9.34. The van der Waals surface area contributed by atoms with Gasteiger partial charge in [0, 0.05) is 37.5 Å². The van der Waals surface area contributed by atoms with Crippen molar-refractivity contribution in [1.29, 1.82) is 0 Å². The maximum atomic E-state index is 13.6. The molecule has 6 rings (SSSR count). The second kappa shape index (κ2) is 9.45. The molecule has 1 fully saturated rings. The van der Waals surface area contributed by atoms with Gasteiger partial charge >= 0.3 is 0 Å². The molecule has 0 saturated carbocycles. The Hall–Kier alpha value is -4.02. The van der Waals surface area contributed by atoms with Crippen LogP contribution < -0.4 is 20.9 Å². The number of ether oxygens (including phenoxy) is 1. The number of halogens is 1. The molecular weight excluding hydrogens is 473 g/mol. The molecule has 5 heterocycles. The fourth-order valence-electron chi connectivity index (χ4n) is 5.26. The third-order valence-electron chi connectivity index (χ3n) is 7.16. The molecule has 0 spiro atoms. The number of morpholine rings is 1. The number of aromatic nitrogens is 3. The smallest absolute Gasteiger partial charge is 0.254 e. The van der Waals surface area contributed by atoms with Crippen molar-refractivity contribution in [2.75, 3.05) is 37.0 Å². The number of hydrogen-bond acceptors (Lipinski definition) is 7. The Bertz CT molecular complexity index is 1470. The lowest BCUT2D eigenvalue weighted by Gasteiger charge is -2.40. The van der Waals surface area contributed by atoms with E-state index in [1.54, 1.807) is 12.4 Å². The van der Waals surface area contributed by atoms with Crippen LogP contribution in [-0.2, 0) is 11.3 Å². The summed E-state index contributed by atoms with van der Waals surface area (Å²) >= 11 is 0. The summed E-state index contributed by atoms with van der Waals surface area (Å²) < 4.78 is 21.4. The summed E-state index contributed by atoms with van der Waals surface area (Å²) in [6.45, 7) is 4.84. The lowest BCUT2D eigenvalue weighted by atomic mass is 9.99. The van der Waals surface area contributed by atoms with E-state index in [1.165, 1.54) is 12.1 Å². The first kappa shape index (κ1) is 23.4. The molecule has 9 nitrogen and oxygen atoms in total. The molecule has 0 unspecified atom stereocenters. The van der Waals surface area contributed by atoms with Gasteiger partial charge in [-0.2, -0.15) is 0 Å². The first-order chi connectivity index (χ1) is 18.0. The van der Waals surface area contributed by atoms with Gasteiger partial charge in [0.05, 0.1) is 53.8 Å². The summed E-state index contributed by atoms with van der Waals surface area (Å²) in [6, 6.07) is 10.8. The lowest BCUT2D eigenvalue weighted by molar-refractivity contribution is 0.0177. The number of carbonyl (C=O) groups is 1. The topological polar surface area (TPSA) is 95.8 Å². The normalized spacial score (nSPS) is 19.2. The first-order valence-corrected chi connectivity index (χ1v) is 12.4. The Morgan fingerprint density at radius 1 is 1.19 bits per heavy atom. The van der Waals surface area contributed by atoms with E-state index in [9.17, 15) is 9.18 Å². The van der Waals surface area contributed by atoms with E-state index >= 15 is 0 Å². The van der Waals surface area contributed by atoms with Crippen LogP contribution in [0.1, 0.15) is 22.8 Å². The van der Waals surface area contributed by atoms with Crippen molar-refractivity contribution in [3.05, 3.63) is 71.9 Å². The molecule has 2 atom stereocenters. The molecule has 10 heteroatoms. The van der Waals surface area contributed by atoms with Crippen LogP contribution in [-0.4, -0.2) is 59.2 Å². The highest BCUT2D eigenvalue weighted by molar-refractivity contribution is 6.06. The largest absolute Gasteiger partial charge is 0.373 e. The highest BCUT2D eigenvalue weighted by atomic mass is 19.1. The van der Waals surface area contributed by atoms with Gasteiger partial charge in [0.25, 0.3) is 5.91 Å². The molecule has 1 aromatic carbocycles. The Morgan fingerprint density at radius 3 is 2.89 bits per heavy atom. The Morgan fingerprint density at radius 2 is 2.08 bits per heavy atom. The number of amides is 1. The third-order valence-corrected chi connectivity index (χ3v) is 7.16. The van der Waals surface area contributed by atoms with Crippen LogP contribution in [0.4, 0.5) is 21.6 Å². The number of carbonyl (C=O) groups excluding carboxylic acids is 1. The zero-order valence-corrected chi connectivity index (χ0v) is 20.7. The summed E-state index contributed by atoms with van der Waals surface area (Å²) in [5.74, 6) is 0.163. The zero-order chi connectivity index (χ0) is 25.5. The molecule has 4 aromatic rings. The van der Waals surface area contributed by atoms with E-state index < -0.39 is 0 Å². The van der Waals surface area contributed by atoms with E-state index in [0.29, 0.717) is 35.9 Å². The molecule has 1 saturated heterocycles. The van der Waals surface area contributed by atoms with E-state index in [2.05, 4.69) is 37.7 Å². The van der Waals surface area contributed by atoms with Crippen LogP contribution in [0, 0.1) is 5.82 Å². The molecule has 3 aromatic heterocycles. The van der Waals surface area contributed by atoms with Gasteiger partial charge < -0.3 is 25.6 Å². The van der Waals surface area contributed by atoms with Crippen molar-refractivity contribution in [2.45, 2.75) is 25.6 Å². The minimum atomic E-state index is -0.342. The summed E-state index contributed by atoms with van der Waals surface area (Å²) in [7, 11) is 1.93. The van der Waals surface area contributed by atoms with Gasteiger partial charge in [0.1, 0.15) is 17.3 Å². The molecule has 1 amide bonds. The van der Waals surface area contributed by atoms with Crippen LogP contribution >= 0.6 is 0 Å². The van der Waals surface area contributed by atoms with Crippen LogP contribution in [0.3, 0.4) is 0 Å². The Balaban J connectivity index is 1.28. The summed E-state index contributed by atoms with van der Waals surface area (Å²) in [6.07, 6.45) is 5.32. The monoisotopic (exact) mass is 501 g/mol. The summed E-state index contributed by atoms with van der Waals surface area (Å²) in [5, 5.41) is 9.45. The highest BCUT2D eigenvalue weighted by Crippen LogP contribution is 2.35. The van der Waals surface area contributed by atoms with Gasteiger partial charge in [0.15, 0.2) is 0 Å². The van der Waals surface area contributed by atoms with Gasteiger partial charge in [-0.05, 0) is 43.8 Å². The lowest BCUT2D eigenvalue weighted by Crippen LogP contribution is -2.53. The van der Waals surface area contributed by atoms with Crippen molar-refractivity contribution in [3.63, 3.8) is 0 Å². The number of benzene rings is 1. The number of nitrogens with zero attached hydrogens (tertiary/aromatic N) is 4. The van der Waals surface area contributed by atoms with Crippen LogP contribution in [0.5, 0.6) is 0 Å². The second-order valence-electron chi connectivity index (χ2n) is 9.34. The highest BCUT2D eigenvalue weighted by Gasteiger charge is 2.29. The number of anilines is 3. The summed E-state index contributed by atoms with van der Waals surface area (Å²) in [5.41, 5.74) is 5.35. The van der Waals surface area contributed by atoms with E-state index in [-0.39, 0.29) is 23.9 Å². The maximum absolute atomic E-state index is 13.6. The van der Waals surface area contributed by atoms with Gasteiger partial charge in [0.2, 0.25) is 0 Å². The number of nitrogens with one attached hydrogen (secondary N) is 3. The van der Waals surface area contributed by atoms with Crippen LogP contribution in [0.25, 0.3) is 16.9 Å². The van der Waals surface area contributed by atoms with Crippen molar-refractivity contribution in [3.8, 4) is 11.3 Å². The van der Waals surface area contributed by atoms with Gasteiger partial charge in [-0.3, -0.25) is 9.20 Å². The SMILES string of the molecule is CNC[C@@H]1OCCN(c2ccc(Nc3ccc(-c4cnc5cc(F)ccn45)c4c3C(=O)NC4)nc2)[C@@H]1C. The standard InChI is InChI=1S/C27H28FN7O2/c1-16-23(15-29-2)37-10-9-34(16)18-3-6-24(30-12-18)33-21-5-4-19(20-13-32-27(36)26(20)21)22-14-31-25-11-17(28)7-8-35(22)25/h3-8,11-12,14,16,23,29H,9-10,13,15H2,1-2H3,(H,30,33)(H,32,36)/t16-,23+/m1/s1. The summed E-state index contributed by atoms with van der Waals surface area (Å²) in [4.78, 5) is 24.1. The minimum Gasteiger partial charge on any atom is -0.373 e. The number of rotatable bonds is 6. The molecule has 190 valence electrons. The van der Waals surface area contributed by atoms with E-state index in [4.69, 9.17) is 4.74 Å². The first-order valence-electron chi connectivity index (χ1n) is 12.4. The fourth-order valence-corrected chi connectivity index (χ4v) is 5.26. The van der Waals surface area contributed by atoms with Crippen molar-refractivity contribution in [1.82, 2.24) is 25.0 Å². The Kier molecular flexibility index (Phi) is 5.97. The van der Waals surface area contributed by atoms with Gasteiger partial charge in [-0.25, -0.2) is 14.4 Å². The Labute approximate surface area is 213 Å². The number of hydrogen-bond donors (Lipinski definition) is 3. The molecular formula is C27H28FN7O2. The van der Waals surface area contributed by atoms with Gasteiger partial charge in [-0.15, -0.1) is 0 Å². The molecule has 0 aliphatic carbocycles. The maximum Gasteiger partial charge on any atom is 0.254 e. The molecule has 0 radical (unpaired) electrons. The van der Waals surface area contributed by atoms with Crippen molar-refractivity contribution < 1.29 is 13.9 Å². The minimum absolute atomic E-state index is 0.114. The average Bonchev–Trinajstić information content (AvgIpc) is 3.50. The fraction of sp³-hybridized carbons (Fsp3) is 0.296. The zero-order valence-electron chi connectivity index (χ0n) is 20.7. The van der Waals surface area contributed by atoms with Crippen LogP contribution in [0.2, 0.25) is 0 Å². The average molecular weight is 502 g/mol. The van der Waals surface area contributed by atoms with E-state index in [0.717, 1.165) is 35.6 Å². The molecule has 2 aliphatic heterocycles. The molecule has 2 aliphatic rings. The predicted molar refractivity (Wildman–Crippen MR) is 140 cm³/mol. The van der Waals surface area contributed by atoms with Crippen molar-refractivity contribution >= 4 is 28.7 Å². The van der Waals surface area contributed by atoms with Crippen LogP contribution in [0.15, 0.2) is 55.0 Å². The number of imidazole rings is 1. The number of likely N-dealkylation sites (N-methyl/N-ethyl adjacent to an activating group) is 1. The quantitative estimate of drug-likeness (QED) is 0.373. The van der Waals surface area contributed by atoms with Crippen molar-refractivity contribution in [2.24, 2.45) is 0 Å². The van der Waals surface area contributed by atoms with Gasteiger partial charge in [-0.1, -0.05) is 6.07 Å². The number of fused-ring (bicyclic) bond motifs is 2. The number of pyridine rings is 2. The predicted octanol–water partition coefficient (Wildman–Crippen LogP) is 3.34. The van der Waals surface area contributed by atoms with E-state index in [1.807, 2.05) is 41.9 Å². The molecule has 0 bridgehead atoms. The third kappa shape index (κ3) is 4.17. The molecule has 37 heavy (non-hydrogen) atoms.